The molecule has 0 unspecified atom stereocenters. The maximum atomic E-state index is 12.8. The minimum absolute atomic E-state index is 0.0555. The van der Waals surface area contributed by atoms with Crippen LogP contribution >= 0.6 is 11.8 Å². The molecular weight excluding hydrogens is 410 g/mol. The van der Waals surface area contributed by atoms with Crippen molar-refractivity contribution in [1.82, 2.24) is 0 Å². The summed E-state index contributed by atoms with van der Waals surface area (Å²) >= 11 is 1.17. The molecule has 0 atom stereocenters. The average molecular weight is 429 g/mol. The van der Waals surface area contributed by atoms with Crippen LogP contribution in [-0.2, 0) is 16.1 Å². The van der Waals surface area contributed by atoms with E-state index in [1.165, 1.54) is 17.8 Å². The van der Waals surface area contributed by atoms with Crippen LogP contribution < -0.4 is 5.32 Å². The highest BCUT2D eigenvalue weighted by atomic mass is 32.2. The number of alkyl halides is 4. The molecular formula is C20H19F4NO3S. The zero-order valence-electron chi connectivity index (χ0n) is 15.2. The van der Waals surface area contributed by atoms with Crippen LogP contribution in [0.1, 0.15) is 15.9 Å². The number of Topliss-reactive ketones (excluding diaryl/α,β-unsaturated/α-hetero) is 1. The van der Waals surface area contributed by atoms with Gasteiger partial charge in [-0.3, -0.25) is 9.59 Å². The van der Waals surface area contributed by atoms with Crippen LogP contribution in [0.4, 0.5) is 23.2 Å². The van der Waals surface area contributed by atoms with Gasteiger partial charge in [-0.2, -0.15) is 8.78 Å². The Bertz CT molecular complexity index is 818. The first-order chi connectivity index (χ1) is 13.8. The number of anilines is 1. The first-order valence-electron chi connectivity index (χ1n) is 8.56. The van der Waals surface area contributed by atoms with Gasteiger partial charge in [-0.1, -0.05) is 42.5 Å². The summed E-state index contributed by atoms with van der Waals surface area (Å²) in [6, 6.07) is 15.0. The second kappa shape index (κ2) is 11.0. The van der Waals surface area contributed by atoms with E-state index in [-0.39, 0.29) is 29.8 Å². The van der Waals surface area contributed by atoms with E-state index in [0.29, 0.717) is 16.8 Å². The minimum atomic E-state index is -4.21. The van der Waals surface area contributed by atoms with Crippen molar-refractivity contribution in [3.8, 4) is 0 Å². The van der Waals surface area contributed by atoms with Gasteiger partial charge >= 0.3 is 12.3 Å². The van der Waals surface area contributed by atoms with Crippen molar-refractivity contribution in [1.29, 1.82) is 0 Å². The molecule has 0 aliphatic heterocycles. The Kier molecular flexibility index (Phi) is 8.66. The number of amides is 1. The first-order valence-corrected chi connectivity index (χ1v) is 9.72. The van der Waals surface area contributed by atoms with Crippen molar-refractivity contribution >= 4 is 29.1 Å². The topological polar surface area (TPSA) is 55.4 Å². The number of carbonyl (C=O) groups excluding carboxylic acids is 2. The third-order valence-corrected chi connectivity index (χ3v) is 4.59. The van der Waals surface area contributed by atoms with E-state index in [1.807, 2.05) is 0 Å². The molecule has 4 nitrogen and oxygen atoms in total. The van der Waals surface area contributed by atoms with E-state index in [2.05, 4.69) is 10.1 Å². The molecule has 2 rings (SSSR count). The molecule has 0 aliphatic rings. The summed E-state index contributed by atoms with van der Waals surface area (Å²) in [7, 11) is 0. The SMILES string of the molecule is O=C(CSCC(=O)c1ccccc1)Nc1cccc(COCC(F)(F)C(F)F)c1. The van der Waals surface area contributed by atoms with Crippen molar-refractivity contribution in [3.63, 3.8) is 0 Å². The lowest BCUT2D eigenvalue weighted by molar-refractivity contribution is -0.168. The zero-order valence-corrected chi connectivity index (χ0v) is 16.1. The lowest BCUT2D eigenvalue weighted by Gasteiger charge is -2.15. The summed E-state index contributed by atoms with van der Waals surface area (Å²) in [5.74, 6) is -4.41. The molecule has 9 heteroatoms. The Labute approximate surface area is 169 Å². The second-order valence-corrected chi connectivity index (χ2v) is 7.07. The van der Waals surface area contributed by atoms with Gasteiger partial charge in [0.15, 0.2) is 5.78 Å². The lowest BCUT2D eigenvalue weighted by atomic mass is 10.2. The largest absolute Gasteiger partial charge is 0.370 e. The van der Waals surface area contributed by atoms with Gasteiger partial charge in [0.1, 0.15) is 6.61 Å². The Morgan fingerprint density at radius 1 is 1.03 bits per heavy atom. The van der Waals surface area contributed by atoms with Gasteiger partial charge in [-0.15, -0.1) is 11.8 Å². The Balaban J connectivity index is 1.76. The number of nitrogens with one attached hydrogen (secondary N) is 1. The number of thioether (sulfide) groups is 1. The van der Waals surface area contributed by atoms with Crippen LogP contribution in [0.2, 0.25) is 0 Å². The molecule has 2 aromatic carbocycles. The molecule has 0 aromatic heterocycles. The molecule has 0 aliphatic carbocycles. The summed E-state index contributed by atoms with van der Waals surface area (Å²) in [5.41, 5.74) is 1.43. The monoisotopic (exact) mass is 429 g/mol. The predicted molar refractivity (Wildman–Crippen MR) is 104 cm³/mol. The standard InChI is InChI=1S/C20H19F4NO3S/c21-19(22)20(23,24)13-28-10-14-5-4-8-16(9-14)25-18(27)12-29-11-17(26)15-6-2-1-3-7-15/h1-9,19H,10-13H2,(H,25,27). The first kappa shape index (κ1) is 22.9. The molecule has 29 heavy (non-hydrogen) atoms. The molecule has 156 valence electrons. The molecule has 2 aromatic rings. The van der Waals surface area contributed by atoms with Crippen LogP contribution in [0.3, 0.4) is 0 Å². The number of rotatable bonds is 11. The highest BCUT2D eigenvalue weighted by molar-refractivity contribution is 8.00. The maximum Gasteiger partial charge on any atom is 0.330 e. The molecule has 0 heterocycles. The number of halogens is 4. The summed E-state index contributed by atoms with van der Waals surface area (Å²) in [6.45, 7) is -1.69. The van der Waals surface area contributed by atoms with Crippen LogP contribution in [0.5, 0.6) is 0 Å². The number of ketones is 1. The van der Waals surface area contributed by atoms with Crippen molar-refractivity contribution in [2.24, 2.45) is 0 Å². The fraction of sp³-hybridized carbons (Fsp3) is 0.300. The molecule has 0 saturated carbocycles. The average Bonchev–Trinajstić information content (AvgIpc) is 2.68. The highest BCUT2D eigenvalue weighted by Gasteiger charge is 2.40. The van der Waals surface area contributed by atoms with E-state index in [0.717, 1.165) is 0 Å². The predicted octanol–water partition coefficient (Wildman–Crippen LogP) is 4.66. The van der Waals surface area contributed by atoms with Crippen molar-refractivity contribution < 1.29 is 31.9 Å². The summed E-state index contributed by atoms with van der Waals surface area (Å²) in [4.78, 5) is 24.0. The number of ether oxygens (including phenoxy) is 1. The number of hydrogen-bond donors (Lipinski definition) is 1. The van der Waals surface area contributed by atoms with Crippen LogP contribution in [0.15, 0.2) is 54.6 Å². The third-order valence-electron chi connectivity index (χ3n) is 3.66. The Hall–Kier alpha value is -2.39. The highest BCUT2D eigenvalue weighted by Crippen LogP contribution is 2.23. The maximum absolute atomic E-state index is 12.8. The molecule has 0 spiro atoms. The third kappa shape index (κ3) is 7.86. The van der Waals surface area contributed by atoms with E-state index in [1.54, 1.807) is 48.5 Å². The van der Waals surface area contributed by atoms with Gasteiger partial charge in [0.05, 0.1) is 18.1 Å². The normalized spacial score (nSPS) is 11.5. The number of hydrogen-bond acceptors (Lipinski definition) is 4. The fourth-order valence-corrected chi connectivity index (χ4v) is 2.96. The summed E-state index contributed by atoms with van der Waals surface area (Å²) < 4.78 is 54.5. The quantitative estimate of drug-likeness (QED) is 0.417. The Morgan fingerprint density at radius 2 is 1.76 bits per heavy atom. The van der Waals surface area contributed by atoms with Crippen LogP contribution in [0, 0.1) is 0 Å². The molecule has 0 fully saturated rings. The summed E-state index contributed by atoms with van der Waals surface area (Å²) in [5, 5.41) is 2.63. The molecule has 1 N–H and O–H groups in total. The van der Waals surface area contributed by atoms with Gasteiger partial charge < -0.3 is 10.1 Å². The molecule has 0 radical (unpaired) electrons. The van der Waals surface area contributed by atoms with Gasteiger partial charge in [0, 0.05) is 11.3 Å². The number of benzene rings is 2. The summed E-state index contributed by atoms with van der Waals surface area (Å²) in [6.07, 6.45) is -3.79. The van der Waals surface area contributed by atoms with Gasteiger partial charge in [0.25, 0.3) is 0 Å². The molecule has 0 bridgehead atoms. The van der Waals surface area contributed by atoms with Crippen LogP contribution in [-0.4, -0.2) is 42.2 Å². The Morgan fingerprint density at radius 3 is 2.45 bits per heavy atom. The van der Waals surface area contributed by atoms with E-state index >= 15 is 0 Å². The smallest absolute Gasteiger partial charge is 0.330 e. The van der Waals surface area contributed by atoms with E-state index < -0.39 is 19.0 Å². The molecule has 0 saturated heterocycles. The van der Waals surface area contributed by atoms with Crippen molar-refractivity contribution in [2.75, 3.05) is 23.4 Å². The van der Waals surface area contributed by atoms with E-state index in [4.69, 9.17) is 0 Å². The lowest BCUT2D eigenvalue weighted by Crippen LogP contribution is -2.32. The van der Waals surface area contributed by atoms with E-state index in [9.17, 15) is 27.2 Å². The van der Waals surface area contributed by atoms with Crippen LogP contribution in [0.25, 0.3) is 0 Å². The fourth-order valence-electron chi connectivity index (χ4n) is 2.25. The van der Waals surface area contributed by atoms with Gasteiger partial charge in [-0.25, -0.2) is 8.78 Å². The van der Waals surface area contributed by atoms with Crippen molar-refractivity contribution in [3.05, 3.63) is 65.7 Å². The zero-order chi connectivity index (χ0) is 21.3. The van der Waals surface area contributed by atoms with Gasteiger partial charge in [-0.05, 0) is 17.7 Å². The van der Waals surface area contributed by atoms with Crippen molar-refractivity contribution in [2.45, 2.75) is 19.0 Å². The van der Waals surface area contributed by atoms with Gasteiger partial charge in [0.2, 0.25) is 5.91 Å². The molecule has 1 amide bonds. The number of carbonyl (C=O) groups is 2. The minimum Gasteiger partial charge on any atom is -0.370 e. The second-order valence-electron chi connectivity index (χ2n) is 6.09.